The van der Waals surface area contributed by atoms with Gasteiger partial charge in [0, 0.05) is 6.54 Å². The number of nitrogen functional groups attached to an aromatic ring is 1. The molecule has 0 saturated carbocycles. The number of unbranched alkanes of at least 4 members (excludes halogenated alkanes) is 2. The molecule has 2 aromatic rings. The Bertz CT molecular complexity index is 567. The number of nitrogens with two attached hydrogens (primary N) is 1. The Morgan fingerprint density at radius 2 is 2.33 bits per heavy atom. The zero-order valence-electron chi connectivity index (χ0n) is 11.9. The summed E-state index contributed by atoms with van der Waals surface area (Å²) in [6.07, 6.45) is 4.80. The Kier molecular flexibility index (Phi) is 5.68. The van der Waals surface area contributed by atoms with Crippen LogP contribution >= 0.6 is 11.8 Å². The Hall–Kier alpha value is -1.96. The Labute approximate surface area is 127 Å². The van der Waals surface area contributed by atoms with Crippen LogP contribution < -0.4 is 11.2 Å². The summed E-state index contributed by atoms with van der Waals surface area (Å²) in [6.45, 7) is 2.84. The van der Waals surface area contributed by atoms with Crippen molar-refractivity contribution in [2.45, 2.75) is 31.3 Å². The van der Waals surface area contributed by atoms with Crippen LogP contribution in [0.4, 0.5) is 0 Å². The summed E-state index contributed by atoms with van der Waals surface area (Å²) >= 11 is 1.25. The highest BCUT2D eigenvalue weighted by atomic mass is 32.2. The molecule has 2 heterocycles. The fourth-order valence-corrected chi connectivity index (χ4v) is 2.42. The van der Waals surface area contributed by atoms with E-state index in [1.54, 1.807) is 18.4 Å². The van der Waals surface area contributed by atoms with Gasteiger partial charge in [-0.15, -0.1) is 10.2 Å². The normalized spacial score (nSPS) is 10.7. The molecule has 0 aliphatic rings. The molecule has 0 bridgehead atoms. The Morgan fingerprint density at radius 3 is 3.05 bits per heavy atom. The molecular formula is C13H19N5O2S. The summed E-state index contributed by atoms with van der Waals surface area (Å²) in [5.41, 5.74) is 0. The second-order valence-electron chi connectivity index (χ2n) is 4.50. The van der Waals surface area contributed by atoms with E-state index in [1.807, 2.05) is 0 Å². The van der Waals surface area contributed by atoms with E-state index < -0.39 is 0 Å². The summed E-state index contributed by atoms with van der Waals surface area (Å²) in [6, 6.07) is 3.50. The molecule has 0 radical (unpaired) electrons. The summed E-state index contributed by atoms with van der Waals surface area (Å²) < 4.78 is 6.55. The van der Waals surface area contributed by atoms with Crippen LogP contribution in [0.3, 0.4) is 0 Å². The molecule has 0 fully saturated rings. The Balaban J connectivity index is 1.83. The van der Waals surface area contributed by atoms with Gasteiger partial charge in [-0.05, 0) is 18.6 Å². The van der Waals surface area contributed by atoms with Crippen molar-refractivity contribution < 1.29 is 9.21 Å². The number of aromatic nitrogens is 3. The molecule has 3 N–H and O–H groups in total. The zero-order valence-corrected chi connectivity index (χ0v) is 12.7. The average Bonchev–Trinajstić information content (AvgIpc) is 3.11. The minimum atomic E-state index is -0.0290. The number of carbonyl (C=O) groups excluding carboxylic acids is 1. The van der Waals surface area contributed by atoms with Crippen LogP contribution in [-0.4, -0.2) is 33.1 Å². The van der Waals surface area contributed by atoms with Crippen molar-refractivity contribution in [2.75, 3.05) is 18.1 Å². The summed E-state index contributed by atoms with van der Waals surface area (Å²) in [7, 11) is 0. The number of carbonyl (C=O) groups is 1. The smallest absolute Gasteiger partial charge is 0.230 e. The van der Waals surface area contributed by atoms with Crippen LogP contribution in [0, 0.1) is 0 Å². The highest BCUT2D eigenvalue weighted by Crippen LogP contribution is 2.21. The number of hydrogen-bond acceptors (Lipinski definition) is 6. The first-order valence-corrected chi connectivity index (χ1v) is 7.84. The molecule has 0 spiro atoms. The predicted octanol–water partition coefficient (Wildman–Crippen LogP) is 1.65. The Morgan fingerprint density at radius 1 is 1.48 bits per heavy atom. The minimum absolute atomic E-state index is 0.0290. The quantitative estimate of drug-likeness (QED) is 0.437. The van der Waals surface area contributed by atoms with Crippen molar-refractivity contribution in [1.82, 2.24) is 20.2 Å². The fraction of sp³-hybridized carbons (Fsp3) is 0.462. The molecule has 1 amide bonds. The van der Waals surface area contributed by atoms with E-state index in [1.165, 1.54) is 16.4 Å². The lowest BCUT2D eigenvalue weighted by Crippen LogP contribution is -2.26. The largest absolute Gasteiger partial charge is 0.461 e. The van der Waals surface area contributed by atoms with Crippen LogP contribution in [0.2, 0.25) is 0 Å². The van der Waals surface area contributed by atoms with E-state index in [-0.39, 0.29) is 11.7 Å². The number of thioether (sulfide) groups is 1. The lowest BCUT2D eigenvalue weighted by Gasteiger charge is -2.04. The average molecular weight is 309 g/mol. The van der Waals surface area contributed by atoms with Gasteiger partial charge in [-0.25, -0.2) is 4.68 Å². The van der Waals surface area contributed by atoms with E-state index in [2.05, 4.69) is 22.4 Å². The molecule has 0 unspecified atom stereocenters. The molecule has 8 heteroatoms. The van der Waals surface area contributed by atoms with Crippen molar-refractivity contribution in [3.63, 3.8) is 0 Å². The van der Waals surface area contributed by atoms with E-state index in [4.69, 9.17) is 10.3 Å². The summed E-state index contributed by atoms with van der Waals surface area (Å²) in [5.74, 6) is 7.11. The molecule has 7 nitrogen and oxygen atoms in total. The first-order valence-electron chi connectivity index (χ1n) is 6.86. The first kappa shape index (κ1) is 15.4. The van der Waals surface area contributed by atoms with E-state index in [9.17, 15) is 4.79 Å². The maximum atomic E-state index is 11.7. The van der Waals surface area contributed by atoms with Crippen molar-refractivity contribution in [3.05, 3.63) is 18.4 Å². The number of furan rings is 1. The molecule has 114 valence electrons. The van der Waals surface area contributed by atoms with Gasteiger partial charge in [-0.1, -0.05) is 31.5 Å². The number of nitrogens with zero attached hydrogens (tertiary/aromatic N) is 3. The highest BCUT2D eigenvalue weighted by Gasteiger charge is 2.15. The predicted molar refractivity (Wildman–Crippen MR) is 81.1 cm³/mol. The molecule has 0 aromatic carbocycles. The van der Waals surface area contributed by atoms with Crippen LogP contribution in [0.15, 0.2) is 28.0 Å². The lowest BCUT2D eigenvalue weighted by atomic mass is 10.2. The summed E-state index contributed by atoms with van der Waals surface area (Å²) in [5, 5.41) is 11.3. The van der Waals surface area contributed by atoms with Crippen molar-refractivity contribution in [1.29, 1.82) is 0 Å². The van der Waals surface area contributed by atoms with Crippen molar-refractivity contribution >= 4 is 17.7 Å². The molecule has 21 heavy (non-hydrogen) atoms. The van der Waals surface area contributed by atoms with Gasteiger partial charge in [0.15, 0.2) is 5.76 Å². The monoisotopic (exact) mass is 309 g/mol. The lowest BCUT2D eigenvalue weighted by molar-refractivity contribution is -0.118. The second kappa shape index (κ2) is 7.72. The number of nitrogens with one attached hydrogen (secondary N) is 1. The zero-order chi connectivity index (χ0) is 15.1. The van der Waals surface area contributed by atoms with Gasteiger partial charge < -0.3 is 15.6 Å². The number of amides is 1. The molecular weight excluding hydrogens is 290 g/mol. The minimum Gasteiger partial charge on any atom is -0.461 e. The SMILES string of the molecule is CCCCCNC(=O)CSc1nnc(-c2ccco2)n1N. The van der Waals surface area contributed by atoms with Gasteiger partial charge >= 0.3 is 0 Å². The van der Waals surface area contributed by atoms with Crippen LogP contribution in [0.25, 0.3) is 11.6 Å². The molecule has 0 atom stereocenters. The van der Waals surface area contributed by atoms with Gasteiger partial charge in [0.25, 0.3) is 0 Å². The third-order valence-corrected chi connectivity index (χ3v) is 3.78. The maximum absolute atomic E-state index is 11.7. The number of rotatable bonds is 8. The van der Waals surface area contributed by atoms with E-state index in [0.29, 0.717) is 23.3 Å². The summed E-state index contributed by atoms with van der Waals surface area (Å²) in [4.78, 5) is 11.7. The van der Waals surface area contributed by atoms with Crippen molar-refractivity contribution in [2.24, 2.45) is 0 Å². The maximum Gasteiger partial charge on any atom is 0.230 e. The third-order valence-electron chi connectivity index (χ3n) is 2.84. The molecule has 0 aliphatic carbocycles. The van der Waals surface area contributed by atoms with E-state index >= 15 is 0 Å². The molecule has 2 rings (SSSR count). The highest BCUT2D eigenvalue weighted by molar-refractivity contribution is 7.99. The van der Waals surface area contributed by atoms with E-state index in [0.717, 1.165) is 19.3 Å². The standard InChI is InChI=1S/C13H19N5O2S/c1-2-3-4-7-15-11(19)9-21-13-17-16-12(18(13)14)10-6-5-8-20-10/h5-6,8H,2-4,7,9,14H2,1H3,(H,15,19). The van der Waals surface area contributed by atoms with Gasteiger partial charge in [0.1, 0.15) is 0 Å². The number of hydrogen-bond donors (Lipinski definition) is 2. The molecule has 0 saturated heterocycles. The van der Waals surface area contributed by atoms with Crippen LogP contribution in [-0.2, 0) is 4.79 Å². The van der Waals surface area contributed by atoms with Gasteiger partial charge in [-0.2, -0.15) is 0 Å². The van der Waals surface area contributed by atoms with Gasteiger partial charge in [0.2, 0.25) is 16.9 Å². The van der Waals surface area contributed by atoms with Crippen molar-refractivity contribution in [3.8, 4) is 11.6 Å². The third kappa shape index (κ3) is 4.25. The second-order valence-corrected chi connectivity index (χ2v) is 5.44. The molecule has 2 aromatic heterocycles. The first-order chi connectivity index (χ1) is 10.2. The van der Waals surface area contributed by atoms with Gasteiger partial charge in [-0.3, -0.25) is 4.79 Å². The van der Waals surface area contributed by atoms with Crippen LogP contribution in [0.1, 0.15) is 26.2 Å². The van der Waals surface area contributed by atoms with Crippen LogP contribution in [0.5, 0.6) is 0 Å². The fourth-order valence-electron chi connectivity index (χ4n) is 1.73. The van der Waals surface area contributed by atoms with Gasteiger partial charge in [0.05, 0.1) is 12.0 Å². The molecule has 0 aliphatic heterocycles. The topological polar surface area (TPSA) is 99.0 Å².